The number of benzene rings is 5. The van der Waals surface area contributed by atoms with Crippen molar-refractivity contribution in [1.29, 1.82) is 0 Å². The quantitative estimate of drug-likeness (QED) is 0.0866. The molecule has 0 atom stereocenters. The lowest BCUT2D eigenvalue weighted by atomic mass is 9.12. The second kappa shape index (κ2) is 20.5. The van der Waals surface area contributed by atoms with Gasteiger partial charge >= 0.3 is 49.4 Å². The average Bonchev–Trinajstić information content (AvgIpc) is 3.24. The molecule has 5 aromatic carbocycles. The van der Waals surface area contributed by atoms with Gasteiger partial charge in [0.1, 0.15) is 11.9 Å². The van der Waals surface area contributed by atoms with Crippen LogP contribution < -0.4 is 21.9 Å². The van der Waals surface area contributed by atoms with Gasteiger partial charge in [0.15, 0.2) is 0 Å². The number of rotatable bonds is 7. The molecule has 73 heavy (non-hydrogen) atoms. The Morgan fingerprint density at radius 3 is 0.753 bits per heavy atom. The molecular formula is C47H35BF24S. The lowest BCUT2D eigenvalue weighted by Crippen LogP contribution is -2.75. The summed E-state index contributed by atoms with van der Waals surface area (Å²) in [6, 6.07) is 0.624. The zero-order chi connectivity index (χ0) is 55.3. The van der Waals surface area contributed by atoms with Crippen LogP contribution in [0, 0.1) is 0 Å². The summed E-state index contributed by atoms with van der Waals surface area (Å²) in [5, 5.41) is 0. The van der Waals surface area contributed by atoms with Crippen molar-refractivity contribution in [3.8, 4) is 0 Å². The minimum absolute atomic E-state index is 0.522. The summed E-state index contributed by atoms with van der Waals surface area (Å²) < 4.78 is 341. The summed E-state index contributed by atoms with van der Waals surface area (Å²) in [6.45, 7) is 0. The van der Waals surface area contributed by atoms with E-state index in [0.29, 0.717) is 10.9 Å². The fraction of sp³-hybridized carbons (Fsp3) is 0.362. The fourth-order valence-corrected chi connectivity index (χ4v) is 9.58. The van der Waals surface area contributed by atoms with Crippen molar-refractivity contribution < 1.29 is 105 Å². The van der Waals surface area contributed by atoms with E-state index in [-0.39, 0.29) is 0 Å². The maximum Gasteiger partial charge on any atom is 0.416 e. The van der Waals surface area contributed by atoms with Crippen LogP contribution in [-0.4, -0.2) is 18.7 Å². The van der Waals surface area contributed by atoms with E-state index in [1.165, 1.54) is 43.4 Å². The van der Waals surface area contributed by atoms with E-state index in [9.17, 15) is 105 Å². The van der Waals surface area contributed by atoms with Crippen molar-refractivity contribution in [2.75, 3.05) is 12.5 Å². The Bertz CT molecular complexity index is 2270. The van der Waals surface area contributed by atoms with E-state index in [1.807, 2.05) is 0 Å². The molecule has 1 saturated carbocycles. The summed E-state index contributed by atoms with van der Waals surface area (Å²) >= 11 is 0. The smallest absolute Gasteiger partial charge is 0.194 e. The highest BCUT2D eigenvalue weighted by atomic mass is 32.2. The molecule has 0 heterocycles. The van der Waals surface area contributed by atoms with Gasteiger partial charge in [-0.2, -0.15) is 127 Å². The van der Waals surface area contributed by atoms with Gasteiger partial charge in [-0.25, -0.2) is 0 Å². The summed E-state index contributed by atoms with van der Waals surface area (Å²) in [6.07, 6.45) is -43.1. The highest BCUT2D eigenvalue weighted by Crippen LogP contribution is 2.42. The standard InChI is InChI=1S/C32H12BF24.C15H23S/c34-25(35,36)13-1-14(26(37,38)39)6-21(5-13)33(22-7-15(27(40,41)42)2-16(8-22)28(43,44)45,23-9-17(29(46,47)48)3-18(10-23)30(49,50)51)24-11-19(31(52,53)54)4-20(12-24)32(55,56)57;1-16(2)12-13-8-10-15(11-9-13)14-6-4-3-5-7-14/h1-12H;8-11,14H,3-7,12H2,1-2H3/q-1;+1. The summed E-state index contributed by atoms with van der Waals surface area (Å²) in [5.74, 6) is 2.09. The van der Waals surface area contributed by atoms with Crippen LogP contribution in [0.15, 0.2) is 97.1 Å². The second-order valence-electron chi connectivity index (χ2n) is 17.4. The Kier molecular flexibility index (Phi) is 16.5. The van der Waals surface area contributed by atoms with Crippen molar-refractivity contribution in [3.05, 3.63) is 153 Å². The molecule has 0 radical (unpaired) electrons. The van der Waals surface area contributed by atoms with Crippen molar-refractivity contribution in [2.24, 2.45) is 0 Å². The van der Waals surface area contributed by atoms with Crippen LogP contribution in [0.5, 0.6) is 0 Å². The van der Waals surface area contributed by atoms with Crippen molar-refractivity contribution in [3.63, 3.8) is 0 Å². The van der Waals surface area contributed by atoms with E-state index in [4.69, 9.17) is 0 Å². The van der Waals surface area contributed by atoms with Crippen molar-refractivity contribution in [2.45, 2.75) is 93.2 Å². The van der Waals surface area contributed by atoms with E-state index in [0.717, 1.165) is 5.92 Å². The maximum atomic E-state index is 14.2. The zero-order valence-corrected chi connectivity index (χ0v) is 37.9. The SMILES string of the molecule is C[S+](C)Cc1ccc(C2CCCCC2)cc1.FC(F)(F)c1cc([B-](c2cc(C(F)(F)F)cc(C(F)(F)F)c2)(c2cc(C(F)(F)F)cc(C(F)(F)F)c2)c2cc(C(F)(F)F)cc(C(F)(F)F)c2)cc(C(F)(F)F)c1. The van der Waals surface area contributed by atoms with Crippen LogP contribution in [0.3, 0.4) is 0 Å². The molecule has 0 spiro atoms. The predicted octanol–water partition coefficient (Wildman–Crippen LogP) is 15.3. The Balaban J connectivity index is 0.000000520. The molecule has 0 bridgehead atoms. The Hall–Kier alpha value is -5.17. The minimum Gasteiger partial charge on any atom is -0.194 e. The molecule has 5 aromatic rings. The number of alkyl halides is 24. The third kappa shape index (κ3) is 14.2. The van der Waals surface area contributed by atoms with Gasteiger partial charge in [0.2, 0.25) is 0 Å². The number of hydrogen-bond donors (Lipinski definition) is 0. The lowest BCUT2D eigenvalue weighted by molar-refractivity contribution is -0.144. The minimum atomic E-state index is -6.13. The van der Waals surface area contributed by atoms with Gasteiger partial charge in [-0.1, -0.05) is 92.1 Å². The van der Waals surface area contributed by atoms with Crippen molar-refractivity contribution in [1.82, 2.24) is 0 Å². The number of halogens is 24. The Labute approximate surface area is 402 Å². The van der Waals surface area contributed by atoms with Crippen LogP contribution in [0.2, 0.25) is 0 Å². The first kappa shape index (κ1) is 58.7. The molecule has 0 nitrogen and oxygen atoms in total. The highest BCUT2D eigenvalue weighted by molar-refractivity contribution is 7.94. The molecule has 400 valence electrons. The van der Waals surface area contributed by atoms with E-state index >= 15 is 0 Å². The second-order valence-corrected chi connectivity index (χ2v) is 19.7. The lowest BCUT2D eigenvalue weighted by Gasteiger charge is -2.46. The van der Waals surface area contributed by atoms with Crippen LogP contribution in [-0.2, 0) is 66.1 Å². The van der Waals surface area contributed by atoms with Crippen molar-refractivity contribution >= 4 is 38.9 Å². The van der Waals surface area contributed by atoms with Gasteiger partial charge in [0, 0.05) is 5.56 Å². The molecule has 0 aromatic heterocycles. The van der Waals surface area contributed by atoms with Gasteiger partial charge < -0.3 is 0 Å². The third-order valence-electron chi connectivity index (χ3n) is 12.0. The third-order valence-corrected chi connectivity index (χ3v) is 12.9. The van der Waals surface area contributed by atoms with E-state index in [2.05, 4.69) is 36.8 Å². The van der Waals surface area contributed by atoms with Crippen LogP contribution in [0.25, 0.3) is 0 Å². The van der Waals surface area contributed by atoms with Crippen LogP contribution in [0.1, 0.15) is 93.7 Å². The molecule has 1 aliphatic rings. The van der Waals surface area contributed by atoms with Crippen LogP contribution in [0.4, 0.5) is 105 Å². The van der Waals surface area contributed by atoms with Crippen LogP contribution >= 0.6 is 0 Å². The van der Waals surface area contributed by atoms with Gasteiger partial charge in [0.05, 0.1) is 57.0 Å². The molecule has 26 heteroatoms. The number of hydrogen-bond acceptors (Lipinski definition) is 0. The molecule has 0 unspecified atom stereocenters. The monoisotopic (exact) mass is 1100 g/mol. The van der Waals surface area contributed by atoms with Gasteiger partial charge in [-0.15, -0.1) is 0 Å². The highest BCUT2D eigenvalue weighted by Gasteiger charge is 2.47. The fourth-order valence-electron chi connectivity index (χ4n) is 8.73. The molecule has 0 saturated heterocycles. The average molecular weight is 1100 g/mol. The summed E-state index contributed by atoms with van der Waals surface area (Å²) in [4.78, 5) is 0. The van der Waals surface area contributed by atoms with Gasteiger partial charge in [-0.3, -0.25) is 0 Å². The topological polar surface area (TPSA) is 0 Å². The predicted molar refractivity (Wildman–Crippen MR) is 225 cm³/mol. The summed E-state index contributed by atoms with van der Waals surface area (Å²) in [5.41, 5.74) is -27.1. The normalized spacial score (nSPS) is 15.1. The van der Waals surface area contributed by atoms with E-state index < -0.39 is 195 Å². The molecule has 0 N–H and O–H groups in total. The molecule has 1 fully saturated rings. The first-order chi connectivity index (χ1) is 33.0. The molecule has 0 aliphatic heterocycles. The first-order valence-electron chi connectivity index (χ1n) is 21.0. The summed E-state index contributed by atoms with van der Waals surface area (Å²) in [7, 11) is 0.522. The molecule has 6 rings (SSSR count). The van der Waals surface area contributed by atoms with E-state index in [1.54, 1.807) is 5.56 Å². The van der Waals surface area contributed by atoms with Gasteiger partial charge in [-0.05, 0) is 59.5 Å². The first-order valence-corrected chi connectivity index (χ1v) is 23.2. The molecule has 1 aliphatic carbocycles. The molecular weight excluding hydrogens is 1060 g/mol. The molecule has 0 amide bonds. The van der Waals surface area contributed by atoms with Gasteiger partial charge in [0.25, 0.3) is 0 Å². The Morgan fingerprint density at radius 2 is 0.562 bits per heavy atom. The largest absolute Gasteiger partial charge is 0.416 e. The Morgan fingerprint density at radius 1 is 0.342 bits per heavy atom. The zero-order valence-electron chi connectivity index (χ0n) is 37.1. The maximum absolute atomic E-state index is 14.2.